The van der Waals surface area contributed by atoms with Crippen molar-refractivity contribution >= 4 is 29.1 Å². The van der Waals surface area contributed by atoms with E-state index in [9.17, 15) is 9.18 Å². The van der Waals surface area contributed by atoms with Crippen LogP contribution in [0.25, 0.3) is 0 Å². The van der Waals surface area contributed by atoms with Crippen molar-refractivity contribution in [3.8, 4) is 0 Å². The number of ether oxygens (including phenoxy) is 1. The van der Waals surface area contributed by atoms with Gasteiger partial charge in [-0.25, -0.2) is 4.39 Å². The quantitative estimate of drug-likeness (QED) is 0.882. The Morgan fingerprint density at radius 3 is 2.64 bits per heavy atom. The number of benzene rings is 2. The molecule has 1 N–H and O–H groups in total. The maximum Gasteiger partial charge on any atom is 0.251 e. The third kappa shape index (κ3) is 4.19. The maximum absolute atomic E-state index is 13.2. The van der Waals surface area contributed by atoms with Crippen LogP contribution in [0.3, 0.4) is 0 Å². The van der Waals surface area contributed by atoms with E-state index in [-0.39, 0.29) is 18.3 Å². The molecule has 1 unspecified atom stereocenters. The normalized spacial score (nSPS) is 12.0. The number of halogens is 3. The Morgan fingerprint density at radius 1 is 1.23 bits per heavy atom. The zero-order valence-electron chi connectivity index (χ0n) is 11.8. The average molecular weight is 342 g/mol. The summed E-state index contributed by atoms with van der Waals surface area (Å²) in [7, 11) is 1.50. The van der Waals surface area contributed by atoms with E-state index in [1.165, 1.54) is 25.3 Å². The fraction of sp³-hybridized carbons (Fsp3) is 0.188. The lowest BCUT2D eigenvalue weighted by Gasteiger charge is -2.16. The van der Waals surface area contributed by atoms with E-state index in [1.54, 1.807) is 24.3 Å². The van der Waals surface area contributed by atoms with Crippen LogP contribution >= 0.6 is 23.2 Å². The van der Waals surface area contributed by atoms with E-state index >= 15 is 0 Å². The Labute approximate surface area is 138 Å². The Hall–Kier alpha value is -1.62. The van der Waals surface area contributed by atoms with Gasteiger partial charge in [0.1, 0.15) is 5.82 Å². The van der Waals surface area contributed by atoms with E-state index < -0.39 is 6.10 Å². The topological polar surface area (TPSA) is 38.3 Å². The minimum absolute atomic E-state index is 0.207. The number of hydrogen-bond donors (Lipinski definition) is 1. The van der Waals surface area contributed by atoms with E-state index in [0.717, 1.165) is 0 Å². The second-order valence-corrected chi connectivity index (χ2v) is 5.43. The van der Waals surface area contributed by atoms with Crippen molar-refractivity contribution in [2.24, 2.45) is 0 Å². The van der Waals surface area contributed by atoms with Crippen LogP contribution in [-0.4, -0.2) is 19.6 Å². The summed E-state index contributed by atoms with van der Waals surface area (Å²) in [5.41, 5.74) is 1.04. The van der Waals surface area contributed by atoms with Crippen molar-refractivity contribution < 1.29 is 13.9 Å². The van der Waals surface area contributed by atoms with Gasteiger partial charge in [-0.3, -0.25) is 4.79 Å². The highest BCUT2D eigenvalue weighted by Gasteiger charge is 2.14. The molecule has 0 fully saturated rings. The number of rotatable bonds is 5. The van der Waals surface area contributed by atoms with Crippen molar-refractivity contribution in [1.82, 2.24) is 5.32 Å². The summed E-state index contributed by atoms with van der Waals surface area (Å²) in [6.07, 6.45) is -0.442. The SMILES string of the molecule is COC(CNC(=O)c1ccc(Cl)c(Cl)c1)c1cccc(F)c1. The molecule has 0 aliphatic carbocycles. The maximum atomic E-state index is 13.2. The standard InChI is InChI=1S/C16H14Cl2FNO2/c1-22-15(10-3-2-4-12(19)7-10)9-20-16(21)11-5-6-13(17)14(18)8-11/h2-8,15H,9H2,1H3,(H,20,21). The average Bonchev–Trinajstić information content (AvgIpc) is 2.50. The highest BCUT2D eigenvalue weighted by molar-refractivity contribution is 6.42. The third-order valence-corrected chi connectivity index (χ3v) is 3.87. The van der Waals surface area contributed by atoms with Crippen LogP contribution in [0.15, 0.2) is 42.5 Å². The second-order valence-electron chi connectivity index (χ2n) is 4.62. The van der Waals surface area contributed by atoms with Crippen LogP contribution in [0.1, 0.15) is 22.0 Å². The van der Waals surface area contributed by atoms with Gasteiger partial charge in [0.05, 0.1) is 16.1 Å². The fourth-order valence-corrected chi connectivity index (χ4v) is 2.27. The zero-order valence-corrected chi connectivity index (χ0v) is 13.3. The number of amides is 1. The molecule has 3 nitrogen and oxygen atoms in total. The van der Waals surface area contributed by atoms with Crippen molar-refractivity contribution in [1.29, 1.82) is 0 Å². The van der Waals surface area contributed by atoms with Gasteiger partial charge >= 0.3 is 0 Å². The van der Waals surface area contributed by atoms with Gasteiger partial charge in [-0.2, -0.15) is 0 Å². The summed E-state index contributed by atoms with van der Waals surface area (Å²) in [4.78, 5) is 12.1. The minimum Gasteiger partial charge on any atom is -0.375 e. The predicted octanol–water partition coefficient (Wildman–Crippen LogP) is 4.25. The summed E-state index contributed by atoms with van der Waals surface area (Å²) >= 11 is 11.7. The Morgan fingerprint density at radius 2 is 2.00 bits per heavy atom. The molecular formula is C16H14Cl2FNO2. The summed E-state index contributed by atoms with van der Waals surface area (Å²) in [5, 5.41) is 3.42. The molecule has 0 radical (unpaired) electrons. The van der Waals surface area contributed by atoms with Crippen LogP contribution in [-0.2, 0) is 4.74 Å². The second kappa shape index (κ2) is 7.58. The zero-order chi connectivity index (χ0) is 16.1. The van der Waals surface area contributed by atoms with Crippen LogP contribution in [0.2, 0.25) is 10.0 Å². The molecule has 22 heavy (non-hydrogen) atoms. The number of hydrogen-bond acceptors (Lipinski definition) is 2. The lowest BCUT2D eigenvalue weighted by atomic mass is 10.1. The molecule has 0 spiro atoms. The van der Waals surface area contributed by atoms with Gasteiger partial charge in [0.2, 0.25) is 0 Å². The van der Waals surface area contributed by atoms with Gasteiger partial charge in [-0.05, 0) is 35.9 Å². The minimum atomic E-state index is -0.442. The molecule has 0 bridgehead atoms. The molecule has 2 aromatic rings. The number of carbonyl (C=O) groups is 1. The van der Waals surface area contributed by atoms with Crippen LogP contribution in [0.5, 0.6) is 0 Å². The molecule has 0 heterocycles. The summed E-state index contributed by atoms with van der Waals surface area (Å²) in [6, 6.07) is 10.7. The van der Waals surface area contributed by atoms with Crippen LogP contribution in [0.4, 0.5) is 4.39 Å². The number of carbonyl (C=O) groups excluding carboxylic acids is 1. The lowest BCUT2D eigenvalue weighted by Crippen LogP contribution is -2.29. The molecule has 2 aromatic carbocycles. The predicted molar refractivity (Wildman–Crippen MR) is 84.9 cm³/mol. The highest BCUT2D eigenvalue weighted by Crippen LogP contribution is 2.23. The van der Waals surface area contributed by atoms with Crippen molar-refractivity contribution in [3.05, 3.63) is 69.5 Å². The highest BCUT2D eigenvalue weighted by atomic mass is 35.5. The summed E-state index contributed by atoms with van der Waals surface area (Å²) in [6.45, 7) is 0.207. The van der Waals surface area contributed by atoms with Crippen LogP contribution < -0.4 is 5.32 Å². The molecule has 1 atom stereocenters. The van der Waals surface area contributed by atoms with Crippen molar-refractivity contribution in [2.45, 2.75) is 6.10 Å². The van der Waals surface area contributed by atoms with E-state index in [0.29, 0.717) is 21.2 Å². The first-order valence-corrected chi connectivity index (χ1v) is 7.28. The molecule has 0 saturated heterocycles. The molecule has 0 aliphatic heterocycles. The molecule has 6 heteroatoms. The Kier molecular flexibility index (Phi) is 5.77. The van der Waals surface area contributed by atoms with Gasteiger partial charge < -0.3 is 10.1 Å². The van der Waals surface area contributed by atoms with Gasteiger partial charge in [0.25, 0.3) is 5.91 Å². The first kappa shape index (κ1) is 16.7. The van der Waals surface area contributed by atoms with Crippen molar-refractivity contribution in [2.75, 3.05) is 13.7 Å². The van der Waals surface area contributed by atoms with E-state index in [4.69, 9.17) is 27.9 Å². The molecule has 0 aliphatic rings. The fourth-order valence-electron chi connectivity index (χ4n) is 1.97. The third-order valence-electron chi connectivity index (χ3n) is 3.13. The molecule has 2 rings (SSSR count). The monoisotopic (exact) mass is 341 g/mol. The Balaban J connectivity index is 2.03. The molecule has 0 saturated carbocycles. The smallest absolute Gasteiger partial charge is 0.251 e. The summed E-state index contributed by atoms with van der Waals surface area (Å²) < 4.78 is 18.5. The van der Waals surface area contributed by atoms with Gasteiger partial charge in [0, 0.05) is 19.2 Å². The Bertz CT molecular complexity index is 679. The molecular weight excluding hydrogens is 328 g/mol. The molecule has 0 aromatic heterocycles. The first-order chi connectivity index (χ1) is 10.5. The van der Waals surface area contributed by atoms with Crippen LogP contribution in [0, 0.1) is 5.82 Å². The van der Waals surface area contributed by atoms with E-state index in [1.807, 2.05) is 0 Å². The van der Waals surface area contributed by atoms with Gasteiger partial charge in [0.15, 0.2) is 0 Å². The van der Waals surface area contributed by atoms with Gasteiger partial charge in [-0.1, -0.05) is 35.3 Å². The summed E-state index contributed by atoms with van der Waals surface area (Å²) in [5.74, 6) is -0.660. The molecule has 116 valence electrons. The van der Waals surface area contributed by atoms with E-state index in [2.05, 4.69) is 5.32 Å². The molecule has 1 amide bonds. The first-order valence-electron chi connectivity index (χ1n) is 6.52. The lowest BCUT2D eigenvalue weighted by molar-refractivity contribution is 0.0827. The van der Waals surface area contributed by atoms with Crippen molar-refractivity contribution in [3.63, 3.8) is 0 Å². The number of methoxy groups -OCH3 is 1. The number of nitrogens with one attached hydrogen (secondary N) is 1. The largest absolute Gasteiger partial charge is 0.375 e. The van der Waals surface area contributed by atoms with Gasteiger partial charge in [-0.15, -0.1) is 0 Å².